The van der Waals surface area contributed by atoms with E-state index in [9.17, 15) is 4.79 Å². The summed E-state index contributed by atoms with van der Waals surface area (Å²) in [5.74, 6) is 1.30. The molecule has 0 aromatic heterocycles. The molecule has 1 fully saturated rings. The number of hydrogen-bond donors (Lipinski definition) is 2. The predicted molar refractivity (Wildman–Crippen MR) is 111 cm³/mol. The largest absolute Gasteiger partial charge is 0.493 e. The van der Waals surface area contributed by atoms with Crippen molar-refractivity contribution in [3.05, 3.63) is 58.7 Å². The normalized spacial score (nSPS) is 18.9. The van der Waals surface area contributed by atoms with Crippen LogP contribution in [0, 0.1) is 6.92 Å². The first-order chi connectivity index (χ1) is 14.0. The van der Waals surface area contributed by atoms with Gasteiger partial charge in [-0.2, -0.15) is 0 Å². The number of quaternary nitrogens is 2. The third-order valence-corrected chi connectivity index (χ3v) is 5.75. The molecule has 2 aromatic rings. The van der Waals surface area contributed by atoms with Gasteiger partial charge in [0.1, 0.15) is 39.3 Å². The summed E-state index contributed by atoms with van der Waals surface area (Å²) < 4.78 is 15.7. The molecule has 1 aliphatic heterocycles. The summed E-state index contributed by atoms with van der Waals surface area (Å²) in [5, 5.41) is 0. The standard InChI is InChI=1S/C23H30N2O4/c1-17-12-21(27-2)22(28-3)14-20(17)16-25-10-8-24(9-11-25)15-18-6-5-7-19(13-18)23(26)29-4/h5-7,12-14H,8-11,15-16H2,1-4H3/p+2. The average Bonchev–Trinajstić information content (AvgIpc) is 2.75. The molecule has 6 heteroatoms. The second-order valence-electron chi connectivity index (χ2n) is 7.68. The van der Waals surface area contributed by atoms with Crippen LogP contribution in [0.2, 0.25) is 0 Å². The van der Waals surface area contributed by atoms with Crippen molar-refractivity contribution in [2.24, 2.45) is 0 Å². The van der Waals surface area contributed by atoms with Gasteiger partial charge in [-0.15, -0.1) is 0 Å². The molecule has 0 bridgehead atoms. The first kappa shape index (κ1) is 21.1. The van der Waals surface area contributed by atoms with Crippen LogP contribution < -0.4 is 19.3 Å². The average molecular weight is 401 g/mol. The summed E-state index contributed by atoms with van der Waals surface area (Å²) in [6, 6.07) is 11.9. The second-order valence-corrected chi connectivity index (χ2v) is 7.68. The lowest BCUT2D eigenvalue weighted by molar-refractivity contribution is -1.02. The minimum atomic E-state index is -0.276. The van der Waals surface area contributed by atoms with Gasteiger partial charge >= 0.3 is 5.97 Å². The summed E-state index contributed by atoms with van der Waals surface area (Å²) in [7, 11) is 4.77. The molecule has 1 aliphatic rings. The Morgan fingerprint density at radius 2 is 1.52 bits per heavy atom. The molecule has 0 unspecified atom stereocenters. The van der Waals surface area contributed by atoms with E-state index in [0.29, 0.717) is 5.56 Å². The number of hydrogen-bond acceptors (Lipinski definition) is 4. The van der Waals surface area contributed by atoms with Crippen LogP contribution in [-0.2, 0) is 17.8 Å². The fourth-order valence-electron chi connectivity index (χ4n) is 4.01. The summed E-state index contributed by atoms with van der Waals surface area (Å²) in [6.07, 6.45) is 0. The van der Waals surface area contributed by atoms with Crippen LogP contribution in [-0.4, -0.2) is 53.5 Å². The van der Waals surface area contributed by atoms with Gasteiger partial charge < -0.3 is 24.0 Å². The molecule has 0 saturated carbocycles. The smallest absolute Gasteiger partial charge is 0.337 e. The lowest BCUT2D eigenvalue weighted by Gasteiger charge is -2.30. The number of piperazine rings is 1. The highest BCUT2D eigenvalue weighted by Gasteiger charge is 2.24. The fourth-order valence-corrected chi connectivity index (χ4v) is 4.01. The van der Waals surface area contributed by atoms with Gasteiger partial charge in [-0.25, -0.2) is 4.79 Å². The molecule has 156 valence electrons. The number of ether oxygens (including phenoxy) is 3. The van der Waals surface area contributed by atoms with Gasteiger partial charge in [-0.3, -0.25) is 0 Å². The maximum absolute atomic E-state index is 11.7. The van der Waals surface area contributed by atoms with Crippen LogP contribution in [0.15, 0.2) is 36.4 Å². The topological polar surface area (TPSA) is 53.6 Å². The molecule has 0 spiro atoms. The lowest BCUT2D eigenvalue weighted by atomic mass is 10.1. The van der Waals surface area contributed by atoms with E-state index < -0.39 is 0 Å². The van der Waals surface area contributed by atoms with Crippen molar-refractivity contribution in [3.8, 4) is 11.5 Å². The Bertz CT molecular complexity index is 845. The molecule has 6 nitrogen and oxygen atoms in total. The van der Waals surface area contributed by atoms with Gasteiger partial charge in [0.15, 0.2) is 11.5 Å². The molecule has 2 N–H and O–H groups in total. The van der Waals surface area contributed by atoms with E-state index in [0.717, 1.165) is 50.8 Å². The molecule has 0 aliphatic carbocycles. The number of benzene rings is 2. The van der Waals surface area contributed by atoms with Crippen LogP contribution >= 0.6 is 0 Å². The number of carbonyl (C=O) groups excluding carboxylic acids is 1. The number of aryl methyl sites for hydroxylation is 1. The molecule has 0 atom stereocenters. The van der Waals surface area contributed by atoms with Crippen molar-refractivity contribution in [2.45, 2.75) is 20.0 Å². The third-order valence-electron chi connectivity index (χ3n) is 5.75. The van der Waals surface area contributed by atoms with Crippen LogP contribution in [0.4, 0.5) is 0 Å². The number of nitrogens with one attached hydrogen (secondary N) is 2. The maximum Gasteiger partial charge on any atom is 0.337 e. The highest BCUT2D eigenvalue weighted by molar-refractivity contribution is 5.89. The summed E-state index contributed by atoms with van der Waals surface area (Å²) >= 11 is 0. The van der Waals surface area contributed by atoms with Crippen molar-refractivity contribution in [1.29, 1.82) is 0 Å². The molecule has 29 heavy (non-hydrogen) atoms. The fraction of sp³-hybridized carbons (Fsp3) is 0.435. The van der Waals surface area contributed by atoms with E-state index in [4.69, 9.17) is 14.2 Å². The van der Waals surface area contributed by atoms with Gasteiger partial charge in [0, 0.05) is 11.1 Å². The first-order valence-electron chi connectivity index (χ1n) is 10.1. The summed E-state index contributed by atoms with van der Waals surface area (Å²) in [6.45, 7) is 8.55. The zero-order valence-electron chi connectivity index (χ0n) is 17.8. The van der Waals surface area contributed by atoms with Crippen LogP contribution in [0.3, 0.4) is 0 Å². The quantitative estimate of drug-likeness (QED) is 0.656. The summed E-state index contributed by atoms with van der Waals surface area (Å²) in [5.41, 5.74) is 4.36. The number of rotatable bonds is 7. The minimum Gasteiger partial charge on any atom is -0.493 e. The van der Waals surface area contributed by atoms with Crippen LogP contribution in [0.25, 0.3) is 0 Å². The number of esters is 1. The lowest BCUT2D eigenvalue weighted by Crippen LogP contribution is -3.27. The molecule has 1 heterocycles. The molecular weight excluding hydrogens is 368 g/mol. The van der Waals surface area contributed by atoms with E-state index in [1.807, 2.05) is 12.1 Å². The number of carbonyl (C=O) groups is 1. The Morgan fingerprint density at radius 3 is 2.14 bits per heavy atom. The Kier molecular flexibility index (Phi) is 7.12. The van der Waals surface area contributed by atoms with Gasteiger partial charge in [-0.1, -0.05) is 12.1 Å². The second kappa shape index (κ2) is 9.76. The molecule has 0 radical (unpaired) electrons. The Balaban J connectivity index is 1.57. The van der Waals surface area contributed by atoms with E-state index in [-0.39, 0.29) is 5.97 Å². The number of methoxy groups -OCH3 is 3. The van der Waals surface area contributed by atoms with Crippen LogP contribution in [0.1, 0.15) is 27.0 Å². The van der Waals surface area contributed by atoms with Crippen LogP contribution in [0.5, 0.6) is 11.5 Å². The molecule has 2 aromatic carbocycles. The van der Waals surface area contributed by atoms with E-state index in [2.05, 4.69) is 25.1 Å². The van der Waals surface area contributed by atoms with E-state index in [1.54, 1.807) is 30.1 Å². The van der Waals surface area contributed by atoms with E-state index >= 15 is 0 Å². The minimum absolute atomic E-state index is 0.276. The highest BCUT2D eigenvalue weighted by Crippen LogP contribution is 2.29. The monoisotopic (exact) mass is 400 g/mol. The highest BCUT2D eigenvalue weighted by atomic mass is 16.5. The van der Waals surface area contributed by atoms with Gasteiger partial charge in [0.05, 0.1) is 26.9 Å². The Hall–Kier alpha value is -2.57. The molecule has 0 amide bonds. The van der Waals surface area contributed by atoms with Crippen molar-refractivity contribution < 1.29 is 28.8 Å². The maximum atomic E-state index is 11.7. The zero-order chi connectivity index (χ0) is 20.8. The zero-order valence-corrected chi connectivity index (χ0v) is 17.8. The van der Waals surface area contributed by atoms with E-state index in [1.165, 1.54) is 23.8 Å². The van der Waals surface area contributed by atoms with Crippen molar-refractivity contribution >= 4 is 5.97 Å². The van der Waals surface area contributed by atoms with Crippen molar-refractivity contribution in [1.82, 2.24) is 0 Å². The van der Waals surface area contributed by atoms with Gasteiger partial charge in [0.2, 0.25) is 0 Å². The molecule has 1 saturated heterocycles. The van der Waals surface area contributed by atoms with Gasteiger partial charge in [0.25, 0.3) is 0 Å². The van der Waals surface area contributed by atoms with Gasteiger partial charge in [-0.05, 0) is 36.8 Å². The Morgan fingerprint density at radius 1 is 0.897 bits per heavy atom. The SMILES string of the molecule is COC(=O)c1cccc(C[NH+]2CC[NH+](Cc3cc(OC)c(OC)cc3C)CC2)c1. The van der Waals surface area contributed by atoms with Crippen molar-refractivity contribution in [2.75, 3.05) is 47.5 Å². The predicted octanol–water partition coefficient (Wildman–Crippen LogP) is 0.282. The summed E-state index contributed by atoms with van der Waals surface area (Å²) in [4.78, 5) is 14.9. The molecular formula is C23H32N2O4+2. The van der Waals surface area contributed by atoms with Crippen molar-refractivity contribution in [3.63, 3.8) is 0 Å². The first-order valence-corrected chi connectivity index (χ1v) is 10.1. The third kappa shape index (κ3) is 5.28. The Labute approximate surface area is 173 Å². The molecule has 3 rings (SSSR count).